The van der Waals surface area contributed by atoms with Crippen molar-refractivity contribution in [2.75, 3.05) is 0 Å². The Morgan fingerprint density at radius 1 is 1.35 bits per heavy atom. The predicted octanol–water partition coefficient (Wildman–Crippen LogP) is 1.50. The van der Waals surface area contributed by atoms with Crippen LogP contribution in [0.4, 0.5) is 5.69 Å². The van der Waals surface area contributed by atoms with E-state index in [0.29, 0.717) is 0 Å². The molecule has 0 heterocycles. The molecule has 1 rings (SSSR count). The molecule has 0 atom stereocenters. The molecule has 1 aromatic rings. The van der Waals surface area contributed by atoms with Crippen molar-refractivity contribution in [3.8, 4) is 0 Å². The minimum atomic E-state index is -1.57. The van der Waals surface area contributed by atoms with Crippen LogP contribution in [0, 0.1) is 10.1 Å². The zero-order chi connectivity index (χ0) is 15.7. The van der Waals surface area contributed by atoms with Gasteiger partial charge in [0, 0.05) is 11.1 Å². The monoisotopic (exact) mass is 301 g/mol. The molecule has 0 saturated carbocycles. The van der Waals surface area contributed by atoms with E-state index in [9.17, 15) is 20.2 Å². The summed E-state index contributed by atoms with van der Waals surface area (Å²) in [7, 11) is -1.57. The van der Waals surface area contributed by atoms with E-state index < -0.39 is 23.2 Å². The van der Waals surface area contributed by atoms with Crippen LogP contribution in [0.15, 0.2) is 18.2 Å². The van der Waals surface area contributed by atoms with Crippen molar-refractivity contribution >= 4 is 29.9 Å². The largest absolute Gasteiger partial charge is 0.498 e. The van der Waals surface area contributed by atoms with Crippen LogP contribution in [0.5, 0.6) is 0 Å². The van der Waals surface area contributed by atoms with E-state index in [0.717, 1.165) is 0 Å². The van der Waals surface area contributed by atoms with Gasteiger partial charge in [-0.2, -0.15) is 0 Å². The SMILES string of the molecule is CC(C)(O)C(C)(C)OB(O)c1cc(Cl)ccc1[N+](=O)[O-]. The molecular weight excluding hydrogens is 284 g/mol. The van der Waals surface area contributed by atoms with E-state index in [4.69, 9.17) is 16.3 Å². The highest BCUT2D eigenvalue weighted by Gasteiger charge is 2.41. The Balaban J connectivity index is 3.13. The first kappa shape index (κ1) is 16.9. The summed E-state index contributed by atoms with van der Waals surface area (Å²) in [6, 6.07) is 3.82. The molecule has 6 nitrogen and oxygen atoms in total. The van der Waals surface area contributed by atoms with E-state index in [1.807, 2.05) is 0 Å². The van der Waals surface area contributed by atoms with Gasteiger partial charge in [0.05, 0.1) is 21.6 Å². The molecule has 8 heteroatoms. The first-order chi connectivity index (χ1) is 8.95. The first-order valence-corrected chi connectivity index (χ1v) is 6.35. The van der Waals surface area contributed by atoms with Gasteiger partial charge in [-0.15, -0.1) is 0 Å². The number of aliphatic hydroxyl groups is 1. The number of nitro benzene ring substituents is 1. The number of hydrogen-bond donors (Lipinski definition) is 2. The Kier molecular flexibility index (Phi) is 4.81. The fourth-order valence-corrected chi connectivity index (χ4v) is 1.56. The molecule has 110 valence electrons. The summed E-state index contributed by atoms with van der Waals surface area (Å²) in [4.78, 5) is 10.3. The van der Waals surface area contributed by atoms with E-state index in [1.165, 1.54) is 32.0 Å². The molecule has 0 fully saturated rings. The standard InChI is InChI=1S/C12H17BClNO5/c1-11(2,16)12(3,4)20-13(17)9-7-8(14)5-6-10(9)15(18)19/h5-7,16-17H,1-4H3. The number of benzene rings is 1. The van der Waals surface area contributed by atoms with Gasteiger partial charge >= 0.3 is 7.12 Å². The van der Waals surface area contributed by atoms with Gasteiger partial charge in [-0.3, -0.25) is 10.1 Å². The molecule has 2 N–H and O–H groups in total. The van der Waals surface area contributed by atoms with Crippen LogP contribution >= 0.6 is 11.6 Å². The quantitative estimate of drug-likeness (QED) is 0.488. The second-order valence-corrected chi connectivity index (χ2v) is 5.94. The lowest BCUT2D eigenvalue weighted by atomic mass is 9.75. The van der Waals surface area contributed by atoms with Gasteiger partial charge in [-0.25, -0.2) is 0 Å². The lowest BCUT2D eigenvalue weighted by molar-refractivity contribution is -0.383. The molecule has 0 aliphatic heterocycles. The zero-order valence-corrected chi connectivity index (χ0v) is 12.5. The highest BCUT2D eigenvalue weighted by atomic mass is 35.5. The van der Waals surface area contributed by atoms with Crippen LogP contribution in [0.2, 0.25) is 5.02 Å². The van der Waals surface area contributed by atoms with Crippen LogP contribution in [-0.2, 0) is 4.65 Å². The van der Waals surface area contributed by atoms with Gasteiger partial charge in [0.15, 0.2) is 0 Å². The summed E-state index contributed by atoms with van der Waals surface area (Å²) in [5, 5.41) is 31.2. The maximum absolute atomic E-state index is 10.9. The van der Waals surface area contributed by atoms with E-state index in [2.05, 4.69) is 0 Å². The normalized spacial score (nSPS) is 12.3. The van der Waals surface area contributed by atoms with Crippen molar-refractivity contribution in [1.82, 2.24) is 0 Å². The molecule has 0 spiro atoms. The Labute approximate surface area is 122 Å². The second-order valence-electron chi connectivity index (χ2n) is 5.50. The third-order valence-corrected chi connectivity index (χ3v) is 3.57. The summed E-state index contributed by atoms with van der Waals surface area (Å²) < 4.78 is 5.38. The van der Waals surface area contributed by atoms with E-state index >= 15 is 0 Å². The van der Waals surface area contributed by atoms with E-state index in [-0.39, 0.29) is 16.2 Å². The van der Waals surface area contributed by atoms with Crippen LogP contribution in [0.1, 0.15) is 27.7 Å². The Bertz CT molecular complexity index is 515. The van der Waals surface area contributed by atoms with Crippen LogP contribution in [0.25, 0.3) is 0 Å². The lowest BCUT2D eigenvalue weighted by Crippen LogP contribution is -2.53. The summed E-state index contributed by atoms with van der Waals surface area (Å²) >= 11 is 5.79. The average Bonchev–Trinajstić information content (AvgIpc) is 2.26. The second kappa shape index (κ2) is 5.69. The zero-order valence-electron chi connectivity index (χ0n) is 11.8. The molecule has 0 unspecified atom stereocenters. The maximum atomic E-state index is 10.9. The molecule has 1 aromatic carbocycles. The predicted molar refractivity (Wildman–Crippen MR) is 77.2 cm³/mol. The highest BCUT2D eigenvalue weighted by Crippen LogP contribution is 2.26. The molecule has 0 aliphatic carbocycles. The van der Waals surface area contributed by atoms with Gasteiger partial charge in [0.2, 0.25) is 0 Å². The number of halogens is 1. The van der Waals surface area contributed by atoms with Crippen molar-refractivity contribution in [3.05, 3.63) is 33.3 Å². The molecule has 0 bridgehead atoms. The van der Waals surface area contributed by atoms with Gasteiger partial charge in [-0.1, -0.05) is 11.6 Å². The maximum Gasteiger partial charge on any atom is 0.498 e. The van der Waals surface area contributed by atoms with Crippen molar-refractivity contribution in [1.29, 1.82) is 0 Å². The van der Waals surface area contributed by atoms with Gasteiger partial charge in [-0.05, 0) is 39.8 Å². The van der Waals surface area contributed by atoms with Gasteiger partial charge in [0.1, 0.15) is 0 Å². The molecule has 0 aliphatic rings. The van der Waals surface area contributed by atoms with Crippen molar-refractivity contribution in [2.24, 2.45) is 0 Å². The number of nitro groups is 1. The van der Waals surface area contributed by atoms with Gasteiger partial charge < -0.3 is 14.8 Å². The Morgan fingerprint density at radius 2 is 1.90 bits per heavy atom. The third-order valence-electron chi connectivity index (χ3n) is 3.33. The Hall–Kier alpha value is -1.15. The van der Waals surface area contributed by atoms with Crippen molar-refractivity contribution in [2.45, 2.75) is 38.9 Å². The number of hydrogen-bond acceptors (Lipinski definition) is 5. The fraction of sp³-hybridized carbons (Fsp3) is 0.500. The number of nitrogens with zero attached hydrogens (tertiary/aromatic N) is 1. The van der Waals surface area contributed by atoms with Crippen molar-refractivity contribution < 1.29 is 19.7 Å². The summed E-state index contributed by atoms with van der Waals surface area (Å²) in [5.74, 6) is 0. The molecular formula is C12H17BClNO5. The highest BCUT2D eigenvalue weighted by molar-refractivity contribution is 6.62. The molecule has 20 heavy (non-hydrogen) atoms. The topological polar surface area (TPSA) is 92.8 Å². The Morgan fingerprint density at radius 3 is 2.35 bits per heavy atom. The van der Waals surface area contributed by atoms with E-state index in [1.54, 1.807) is 13.8 Å². The minimum absolute atomic E-state index is 0.0557. The van der Waals surface area contributed by atoms with Crippen molar-refractivity contribution in [3.63, 3.8) is 0 Å². The molecule has 0 amide bonds. The first-order valence-electron chi connectivity index (χ1n) is 5.98. The lowest BCUT2D eigenvalue weighted by Gasteiger charge is -2.38. The molecule has 0 aromatic heterocycles. The summed E-state index contributed by atoms with van der Waals surface area (Å²) in [6.45, 7) is 6.19. The molecule has 0 saturated heterocycles. The third kappa shape index (κ3) is 3.70. The summed E-state index contributed by atoms with van der Waals surface area (Å²) in [6.07, 6.45) is 0. The average molecular weight is 302 g/mol. The van der Waals surface area contributed by atoms with Gasteiger partial charge in [0.25, 0.3) is 5.69 Å². The smallest absolute Gasteiger partial charge is 0.423 e. The fourth-order valence-electron chi connectivity index (χ4n) is 1.38. The minimum Gasteiger partial charge on any atom is -0.423 e. The van der Waals surface area contributed by atoms with Crippen LogP contribution in [0.3, 0.4) is 0 Å². The summed E-state index contributed by atoms with van der Waals surface area (Å²) in [5.41, 5.74) is -2.72. The van der Waals surface area contributed by atoms with Crippen LogP contribution < -0.4 is 5.46 Å². The van der Waals surface area contributed by atoms with Crippen LogP contribution in [-0.4, -0.2) is 33.4 Å². The number of rotatable bonds is 5. The molecule has 0 radical (unpaired) electrons.